The first-order valence-corrected chi connectivity index (χ1v) is 9.43. The largest absolute Gasteiger partial charge is 0.573 e. The highest BCUT2D eigenvalue weighted by Crippen LogP contribution is 2.41. The van der Waals surface area contributed by atoms with Crippen LogP contribution in [0.1, 0.15) is 5.56 Å². The number of halogens is 3. The Morgan fingerprint density at radius 1 is 0.933 bits per heavy atom. The Bertz CT molecular complexity index is 968. The van der Waals surface area contributed by atoms with Gasteiger partial charge >= 0.3 is 6.36 Å². The van der Waals surface area contributed by atoms with Crippen LogP contribution in [0.3, 0.4) is 0 Å². The molecule has 0 saturated heterocycles. The molecule has 0 unspecified atom stereocenters. The molecule has 0 atom stereocenters. The number of alkyl halides is 3. The lowest BCUT2D eigenvalue weighted by Gasteiger charge is -2.12. The van der Waals surface area contributed by atoms with Gasteiger partial charge < -0.3 is 23.4 Å². The summed E-state index contributed by atoms with van der Waals surface area (Å²) in [4.78, 5) is 0. The van der Waals surface area contributed by atoms with E-state index in [1.807, 2.05) is 0 Å². The molecule has 3 rings (SSSR count). The van der Waals surface area contributed by atoms with Crippen molar-refractivity contribution in [2.24, 2.45) is 0 Å². The van der Waals surface area contributed by atoms with Crippen LogP contribution in [0.2, 0.25) is 0 Å². The van der Waals surface area contributed by atoms with Crippen molar-refractivity contribution in [2.45, 2.75) is 17.3 Å². The van der Waals surface area contributed by atoms with E-state index in [9.17, 15) is 13.2 Å². The second kappa shape index (κ2) is 9.16. The third-order valence-electron chi connectivity index (χ3n) is 3.84. The number of hydrogen-bond donors (Lipinski definition) is 0. The minimum Gasteiger partial charge on any atom is -0.493 e. The van der Waals surface area contributed by atoms with Gasteiger partial charge in [-0.1, -0.05) is 23.9 Å². The summed E-state index contributed by atoms with van der Waals surface area (Å²) < 4.78 is 62.1. The van der Waals surface area contributed by atoms with Crippen LogP contribution in [0.4, 0.5) is 13.2 Å². The fraction of sp³-hybridized carbons (Fsp3) is 0.263. The first-order chi connectivity index (χ1) is 14.3. The van der Waals surface area contributed by atoms with Gasteiger partial charge in [0.05, 0.1) is 21.3 Å². The van der Waals surface area contributed by atoms with Crippen LogP contribution in [0.5, 0.6) is 23.0 Å². The third-order valence-corrected chi connectivity index (χ3v) is 4.73. The van der Waals surface area contributed by atoms with Crippen LogP contribution in [0, 0.1) is 0 Å². The van der Waals surface area contributed by atoms with Crippen LogP contribution in [-0.2, 0) is 5.75 Å². The zero-order valence-corrected chi connectivity index (χ0v) is 17.0. The van der Waals surface area contributed by atoms with Gasteiger partial charge in [-0.25, -0.2) is 0 Å². The summed E-state index contributed by atoms with van der Waals surface area (Å²) in [6, 6.07) is 8.93. The second-order valence-electron chi connectivity index (χ2n) is 5.77. The maximum Gasteiger partial charge on any atom is 0.573 e. The quantitative estimate of drug-likeness (QED) is 0.454. The minimum atomic E-state index is -4.72. The highest BCUT2D eigenvalue weighted by molar-refractivity contribution is 7.98. The number of benzene rings is 2. The van der Waals surface area contributed by atoms with Crippen molar-refractivity contribution in [1.82, 2.24) is 10.2 Å². The number of rotatable bonds is 8. The molecule has 1 aromatic heterocycles. The van der Waals surface area contributed by atoms with E-state index in [4.69, 9.17) is 18.6 Å². The Labute approximate surface area is 174 Å². The molecule has 0 N–H and O–H groups in total. The number of aromatic nitrogens is 2. The molecular weight excluding hydrogens is 425 g/mol. The number of methoxy groups -OCH3 is 3. The Morgan fingerprint density at radius 2 is 1.57 bits per heavy atom. The molecule has 0 spiro atoms. The topological polar surface area (TPSA) is 75.8 Å². The number of ether oxygens (including phenoxy) is 4. The lowest BCUT2D eigenvalue weighted by atomic mass is 10.2. The first-order valence-electron chi connectivity index (χ1n) is 8.44. The summed E-state index contributed by atoms with van der Waals surface area (Å²) in [7, 11) is 4.51. The molecule has 0 aliphatic rings. The minimum absolute atomic E-state index is 0.255. The maximum atomic E-state index is 12.2. The van der Waals surface area contributed by atoms with Crippen LogP contribution in [-0.4, -0.2) is 37.9 Å². The molecule has 0 aliphatic heterocycles. The lowest BCUT2D eigenvalue weighted by Crippen LogP contribution is -2.16. The maximum absolute atomic E-state index is 12.2. The standard InChI is InChI=1S/C19H17F3N2O5S/c1-25-14-8-12(9-15(26-2)16(14)27-3)17-23-24-18(28-17)30-10-11-4-6-13(7-5-11)29-19(20,21)22/h4-9H,10H2,1-3H3. The molecule has 7 nitrogen and oxygen atoms in total. The van der Waals surface area contributed by atoms with Crippen LogP contribution < -0.4 is 18.9 Å². The summed E-state index contributed by atoms with van der Waals surface area (Å²) in [5.74, 6) is 1.73. The van der Waals surface area contributed by atoms with E-state index in [0.29, 0.717) is 33.8 Å². The molecule has 0 bridgehead atoms. The van der Waals surface area contributed by atoms with E-state index in [-0.39, 0.29) is 11.6 Å². The second-order valence-corrected chi connectivity index (χ2v) is 6.69. The van der Waals surface area contributed by atoms with Crippen molar-refractivity contribution in [3.63, 3.8) is 0 Å². The molecule has 0 aliphatic carbocycles. The van der Waals surface area contributed by atoms with Crippen LogP contribution in [0.25, 0.3) is 11.5 Å². The number of nitrogens with zero attached hydrogens (tertiary/aromatic N) is 2. The smallest absolute Gasteiger partial charge is 0.493 e. The summed E-state index contributed by atoms with van der Waals surface area (Å²) >= 11 is 1.25. The van der Waals surface area contributed by atoms with Gasteiger partial charge in [0, 0.05) is 11.3 Å². The monoisotopic (exact) mass is 442 g/mol. The molecule has 0 radical (unpaired) electrons. The molecule has 1 heterocycles. The molecule has 160 valence electrons. The van der Waals surface area contributed by atoms with E-state index in [1.54, 1.807) is 12.1 Å². The van der Waals surface area contributed by atoms with Crippen molar-refractivity contribution >= 4 is 11.8 Å². The van der Waals surface area contributed by atoms with Crippen molar-refractivity contribution < 1.29 is 36.5 Å². The third kappa shape index (κ3) is 5.29. The molecule has 2 aromatic carbocycles. The van der Waals surface area contributed by atoms with Gasteiger partial charge in [-0.3, -0.25) is 0 Å². The highest BCUT2D eigenvalue weighted by Gasteiger charge is 2.30. The van der Waals surface area contributed by atoms with Gasteiger partial charge in [-0.15, -0.1) is 23.4 Å². The molecule has 11 heteroatoms. The van der Waals surface area contributed by atoms with Gasteiger partial charge in [-0.2, -0.15) is 0 Å². The Balaban J connectivity index is 1.70. The van der Waals surface area contributed by atoms with Gasteiger partial charge in [-0.05, 0) is 29.8 Å². The number of thioether (sulfide) groups is 1. The van der Waals surface area contributed by atoms with E-state index in [0.717, 1.165) is 5.56 Å². The van der Waals surface area contributed by atoms with E-state index < -0.39 is 6.36 Å². The SMILES string of the molecule is COc1cc(-c2nnc(SCc3ccc(OC(F)(F)F)cc3)o2)cc(OC)c1OC. The normalized spacial score (nSPS) is 11.3. The van der Waals surface area contributed by atoms with Gasteiger partial charge in [0.1, 0.15) is 5.75 Å². The zero-order valence-electron chi connectivity index (χ0n) is 16.1. The molecular formula is C19H17F3N2O5S. The summed E-state index contributed by atoms with van der Waals surface area (Å²) in [5.41, 5.74) is 1.35. The van der Waals surface area contributed by atoms with Crippen molar-refractivity contribution in [3.05, 3.63) is 42.0 Å². The van der Waals surface area contributed by atoms with E-state index in [1.165, 1.54) is 57.4 Å². The Hall–Kier alpha value is -3.08. The summed E-state index contributed by atoms with van der Waals surface area (Å²) in [5, 5.41) is 8.31. The predicted molar refractivity (Wildman–Crippen MR) is 102 cm³/mol. The molecule has 0 amide bonds. The van der Waals surface area contributed by atoms with Gasteiger partial charge in [0.25, 0.3) is 5.22 Å². The van der Waals surface area contributed by atoms with Crippen LogP contribution >= 0.6 is 11.8 Å². The lowest BCUT2D eigenvalue weighted by molar-refractivity contribution is -0.274. The highest BCUT2D eigenvalue weighted by atomic mass is 32.2. The van der Waals surface area contributed by atoms with Crippen molar-refractivity contribution in [2.75, 3.05) is 21.3 Å². The molecule has 30 heavy (non-hydrogen) atoms. The Kier molecular flexibility index (Phi) is 6.60. The Morgan fingerprint density at radius 3 is 2.10 bits per heavy atom. The van der Waals surface area contributed by atoms with E-state index >= 15 is 0 Å². The average Bonchev–Trinajstić information content (AvgIpc) is 3.20. The van der Waals surface area contributed by atoms with Crippen LogP contribution in [0.15, 0.2) is 46.0 Å². The van der Waals surface area contributed by atoms with Gasteiger partial charge in [0.15, 0.2) is 11.5 Å². The molecule has 0 saturated carbocycles. The van der Waals surface area contributed by atoms with Crippen molar-refractivity contribution in [3.8, 4) is 34.5 Å². The fourth-order valence-corrected chi connectivity index (χ4v) is 3.24. The molecule has 0 fully saturated rings. The van der Waals surface area contributed by atoms with Crippen molar-refractivity contribution in [1.29, 1.82) is 0 Å². The predicted octanol–water partition coefficient (Wildman–Crippen LogP) is 4.95. The summed E-state index contributed by atoms with van der Waals surface area (Å²) in [6.07, 6.45) is -4.72. The average molecular weight is 442 g/mol. The fourth-order valence-electron chi connectivity index (χ4n) is 2.52. The summed E-state index contributed by atoms with van der Waals surface area (Å²) in [6.45, 7) is 0. The molecule has 3 aromatic rings. The van der Waals surface area contributed by atoms with E-state index in [2.05, 4.69) is 14.9 Å². The number of hydrogen-bond acceptors (Lipinski definition) is 8. The van der Waals surface area contributed by atoms with Gasteiger partial charge in [0.2, 0.25) is 11.6 Å². The first kappa shape index (κ1) is 21.6. The zero-order chi connectivity index (χ0) is 21.7.